The second-order valence-electron chi connectivity index (χ2n) is 15.3. The van der Waals surface area contributed by atoms with Crippen molar-refractivity contribution in [1.29, 1.82) is 0 Å². The number of dihydropyridines is 1. The van der Waals surface area contributed by atoms with Gasteiger partial charge in [0.15, 0.2) is 0 Å². The van der Waals surface area contributed by atoms with Gasteiger partial charge in [-0.1, -0.05) is 84.8 Å². The molecule has 22 heteroatoms. The fraction of sp³-hybridized carbons (Fsp3) is 0.426. The van der Waals surface area contributed by atoms with Crippen molar-refractivity contribution >= 4 is 51.5 Å². The fourth-order valence-corrected chi connectivity index (χ4v) is 8.19. The number of methoxy groups -OCH3 is 1. The van der Waals surface area contributed by atoms with Crippen LogP contribution in [0.2, 0.25) is 5.02 Å². The minimum Gasteiger partial charge on any atom is -0.480 e. The zero-order valence-electron chi connectivity index (χ0n) is 38.9. The summed E-state index contributed by atoms with van der Waals surface area (Å²) in [5, 5.41) is 25.6. The third-order valence-electron chi connectivity index (χ3n) is 10.6. The van der Waals surface area contributed by atoms with E-state index in [0.29, 0.717) is 92.3 Å². The van der Waals surface area contributed by atoms with Crippen LogP contribution in [0.25, 0.3) is 0 Å². The van der Waals surface area contributed by atoms with Gasteiger partial charge in [0.1, 0.15) is 12.1 Å². The lowest BCUT2D eigenvalue weighted by molar-refractivity contribution is -0.149. The van der Waals surface area contributed by atoms with Crippen molar-refractivity contribution in [3.8, 4) is 0 Å². The molecular weight excluding hydrogens is 942 g/mol. The maximum Gasteiger partial charge on any atom is 0.336 e. The van der Waals surface area contributed by atoms with E-state index in [9.17, 15) is 42.6 Å². The molecule has 20 nitrogen and oxygen atoms in total. The molecule has 13 N–H and O–H groups in total. The Bertz CT molecular complexity index is 2280. The molecule has 3 aromatic rings. The number of carboxylic acid groups (broad SMARTS) is 2. The molecule has 382 valence electrons. The lowest BCUT2D eigenvalue weighted by Crippen LogP contribution is -2.54. The van der Waals surface area contributed by atoms with Gasteiger partial charge in [-0.3, -0.25) is 19.5 Å². The fourth-order valence-electron chi connectivity index (χ4n) is 7.45. The van der Waals surface area contributed by atoms with Crippen molar-refractivity contribution in [1.82, 2.24) is 15.5 Å². The van der Waals surface area contributed by atoms with Crippen LogP contribution in [0.3, 0.4) is 0 Å². The molecule has 69 heavy (non-hydrogen) atoms. The molecule has 0 radical (unpaired) electrons. The van der Waals surface area contributed by atoms with Crippen molar-refractivity contribution in [3.05, 3.63) is 124 Å². The summed E-state index contributed by atoms with van der Waals surface area (Å²) in [5.74, 6) is -4.24. The number of carbonyl (C=O) groups is 5. The number of carboxylic acids is 2. The van der Waals surface area contributed by atoms with Crippen molar-refractivity contribution in [2.24, 2.45) is 11.5 Å². The number of nitrogens with one attached hydrogen (secondary N) is 2. The molecule has 1 saturated heterocycles. The lowest BCUT2D eigenvalue weighted by Gasteiger charge is -2.31. The van der Waals surface area contributed by atoms with E-state index in [1.165, 1.54) is 24.1 Å². The predicted octanol–water partition coefficient (Wildman–Crippen LogP) is 2.79. The average Bonchev–Trinajstić information content (AvgIpc) is 3.81. The lowest BCUT2D eigenvalue weighted by atomic mass is 9.80. The third kappa shape index (κ3) is 18.9. The second kappa shape index (κ2) is 31.4. The Kier molecular flexibility index (Phi) is 27.9. The Morgan fingerprint density at radius 1 is 0.870 bits per heavy atom. The zero-order chi connectivity index (χ0) is 49.5. The molecule has 0 aromatic heterocycles. The number of aliphatic carboxylic acids is 2. The first kappa shape index (κ1) is 61.3. The molecule has 0 aliphatic carbocycles. The molecule has 1 fully saturated rings. The molecular formula is C47H66ClN5O15S. The van der Waals surface area contributed by atoms with Crippen molar-refractivity contribution < 1.29 is 72.3 Å². The number of nitrogens with zero attached hydrogens (tertiary/aromatic N) is 1. The van der Waals surface area contributed by atoms with E-state index < -0.39 is 58.0 Å². The Balaban J connectivity index is 0.000000561. The number of unbranched alkanes of at least 4 members (excludes halogenated alkanes) is 1. The number of allylic oxidation sites excluding steroid dienone is 1. The number of hydrogen-bond donors (Lipinski definition) is 7. The van der Waals surface area contributed by atoms with Gasteiger partial charge in [-0.2, -0.15) is 8.42 Å². The highest BCUT2D eigenvalue weighted by molar-refractivity contribution is 7.85. The maximum absolute atomic E-state index is 13.1. The molecule has 0 bridgehead atoms. The highest BCUT2D eigenvalue weighted by atomic mass is 35.5. The second-order valence-corrected chi connectivity index (χ2v) is 17.1. The number of likely N-dealkylation sites (tertiary alicyclic amines) is 1. The number of carbonyl (C=O) groups excluding carboxylic acids is 3. The quantitative estimate of drug-likeness (QED) is 0.0458. The highest BCUT2D eigenvalue weighted by Crippen LogP contribution is 2.42. The van der Waals surface area contributed by atoms with Crippen LogP contribution in [0, 0.1) is 0 Å². The van der Waals surface area contributed by atoms with Crippen LogP contribution in [0.4, 0.5) is 0 Å². The first-order valence-corrected chi connectivity index (χ1v) is 23.6. The molecule has 0 saturated carbocycles. The van der Waals surface area contributed by atoms with Crippen LogP contribution in [0.5, 0.6) is 0 Å². The van der Waals surface area contributed by atoms with Crippen LogP contribution < -0.4 is 22.1 Å². The van der Waals surface area contributed by atoms with Crippen LogP contribution in [-0.4, -0.2) is 134 Å². The molecule has 2 aliphatic heterocycles. The number of nitrogens with two attached hydrogens (primary N) is 2. The normalized spacial score (nSPS) is 16.1. The summed E-state index contributed by atoms with van der Waals surface area (Å²) in [6.07, 6.45) is 3.76. The number of aryl methyl sites for hydroxylation is 1. The van der Waals surface area contributed by atoms with Gasteiger partial charge in [-0.25, -0.2) is 14.4 Å². The SMILES string of the molecule is CCOC(=O)C1=C(COCCN)NC(C)=C(C(=O)OC)C1c1ccccc1Cl.NCCCC[C@H](N[C@@H](CCc1ccccc1)C(=O)O)C(=O)N1CCC[C@H]1C(=O)O.O.O.O=S(=O)(O)c1ccccc1. The van der Waals surface area contributed by atoms with E-state index in [-0.39, 0.29) is 40.5 Å². The van der Waals surface area contributed by atoms with Gasteiger partial charge in [0.05, 0.1) is 60.6 Å². The smallest absolute Gasteiger partial charge is 0.336 e. The molecule has 3 aromatic carbocycles. The highest BCUT2D eigenvalue weighted by Gasteiger charge is 2.40. The average molecular weight is 1010 g/mol. The Labute approximate surface area is 407 Å². The van der Waals surface area contributed by atoms with Crippen molar-refractivity contribution in [2.45, 2.75) is 87.7 Å². The summed E-state index contributed by atoms with van der Waals surface area (Å²) in [6.45, 7) is 5.28. The first-order chi connectivity index (χ1) is 32.0. The molecule has 2 heterocycles. The molecule has 1 amide bonds. The van der Waals surface area contributed by atoms with Gasteiger partial charge in [-0.05, 0) is 88.2 Å². The Morgan fingerprint density at radius 2 is 1.49 bits per heavy atom. The van der Waals surface area contributed by atoms with Gasteiger partial charge >= 0.3 is 23.9 Å². The van der Waals surface area contributed by atoms with E-state index >= 15 is 0 Å². The van der Waals surface area contributed by atoms with E-state index in [1.807, 2.05) is 30.3 Å². The largest absolute Gasteiger partial charge is 0.480 e. The number of ether oxygens (including phenoxy) is 3. The molecule has 4 atom stereocenters. The summed E-state index contributed by atoms with van der Waals surface area (Å²) >= 11 is 6.42. The van der Waals surface area contributed by atoms with E-state index in [4.69, 9.17) is 41.8 Å². The maximum atomic E-state index is 13.1. The van der Waals surface area contributed by atoms with Gasteiger partial charge < -0.3 is 57.1 Å². The molecule has 1 unspecified atom stereocenters. The van der Waals surface area contributed by atoms with Gasteiger partial charge in [0, 0.05) is 23.8 Å². The van der Waals surface area contributed by atoms with E-state index in [0.717, 1.165) is 12.0 Å². The summed E-state index contributed by atoms with van der Waals surface area (Å²) in [5.41, 5.74) is 14.3. The number of hydrogen-bond acceptors (Lipinski definition) is 14. The monoisotopic (exact) mass is 1010 g/mol. The van der Waals surface area contributed by atoms with Crippen LogP contribution >= 0.6 is 11.6 Å². The molecule has 5 rings (SSSR count). The summed E-state index contributed by atoms with van der Waals surface area (Å²) < 4.78 is 45.0. The van der Waals surface area contributed by atoms with Gasteiger partial charge in [0.2, 0.25) is 5.91 Å². The minimum atomic E-state index is -4.00. The van der Waals surface area contributed by atoms with E-state index in [2.05, 4.69) is 10.6 Å². The predicted molar refractivity (Wildman–Crippen MR) is 257 cm³/mol. The zero-order valence-corrected chi connectivity index (χ0v) is 40.5. The van der Waals surface area contributed by atoms with Crippen LogP contribution in [0.1, 0.15) is 69.4 Å². The number of halogens is 1. The summed E-state index contributed by atoms with van der Waals surface area (Å²) in [4.78, 5) is 63.1. The summed E-state index contributed by atoms with van der Waals surface area (Å²) in [6, 6.07) is 21.6. The number of esters is 2. The van der Waals surface area contributed by atoms with Gasteiger partial charge in [-0.15, -0.1) is 0 Å². The molecule has 0 spiro atoms. The minimum absolute atomic E-state index is 0. The topological polar surface area (TPSA) is 350 Å². The van der Waals surface area contributed by atoms with Crippen molar-refractivity contribution in [3.63, 3.8) is 0 Å². The first-order valence-electron chi connectivity index (χ1n) is 21.8. The third-order valence-corrected chi connectivity index (χ3v) is 11.9. The van der Waals surface area contributed by atoms with Gasteiger partial charge in [0.25, 0.3) is 10.1 Å². The number of amides is 1. The van der Waals surface area contributed by atoms with E-state index in [1.54, 1.807) is 56.3 Å². The number of rotatable bonds is 21. The summed E-state index contributed by atoms with van der Waals surface area (Å²) in [7, 11) is -2.71. The van der Waals surface area contributed by atoms with Crippen LogP contribution in [0.15, 0.2) is 112 Å². The molecule has 2 aliphatic rings. The number of benzene rings is 3. The Hall–Kier alpha value is -5.75. The van der Waals surface area contributed by atoms with Crippen LogP contribution in [-0.2, 0) is 54.7 Å². The van der Waals surface area contributed by atoms with Crippen molar-refractivity contribution in [2.75, 3.05) is 46.6 Å². The standard InChI is InChI=1S/C21H31N3O5.C20H25ClN2O5.C6H6O3S.2H2O/c22-13-5-4-9-16(19(25)24-14-6-10-18(24)21(28)29)23-17(20(26)27)12-11-15-7-2-1-3-8-15;1-4-28-20(25)18-15(11-27-10-9-22)23-12(2)16(19(24)26-3)17(18)13-7-5-6-8-14(13)21;7-10(8,9)6-4-2-1-3-5-6;;/h1-3,7-8,16-18,23H,4-6,9-14,22H2,(H,26,27)(H,28,29);5-8,17,23H,4,9-11,22H2,1-3H3;1-5H,(H,7,8,9);2*1H2/t16-,17-,18-;;;;/m0..../s1. The Morgan fingerprint density at radius 3 is 2.03 bits per heavy atom.